The van der Waals surface area contributed by atoms with Crippen LogP contribution in [0.2, 0.25) is 0 Å². The van der Waals surface area contributed by atoms with Gasteiger partial charge in [-0.25, -0.2) is 0 Å². The van der Waals surface area contributed by atoms with Gasteiger partial charge in [0.15, 0.2) is 0 Å². The minimum Gasteiger partial charge on any atom is -0.394 e. The molecule has 1 spiro atoms. The van der Waals surface area contributed by atoms with Crippen LogP contribution < -0.4 is 14.7 Å². The number of anilines is 3. The van der Waals surface area contributed by atoms with E-state index in [4.69, 9.17) is 0 Å². The highest BCUT2D eigenvalue weighted by molar-refractivity contribution is 8.02. The number of para-hydroxylation sites is 1. The Morgan fingerprint density at radius 1 is 0.958 bits per heavy atom. The molecule has 5 rings (SSSR count). The predicted octanol–water partition coefficient (Wildman–Crippen LogP) is 6.02. The molecule has 2 aromatic carbocycles. The molecule has 48 heavy (non-hydrogen) atoms. The van der Waals surface area contributed by atoms with E-state index in [1.54, 1.807) is 38.6 Å². The van der Waals surface area contributed by atoms with Gasteiger partial charge in [-0.1, -0.05) is 57.5 Å². The van der Waals surface area contributed by atoms with E-state index >= 15 is 9.59 Å². The fourth-order valence-electron chi connectivity index (χ4n) is 8.46. The maximum absolute atomic E-state index is 15.2. The first-order valence-corrected chi connectivity index (χ1v) is 18.4. The van der Waals surface area contributed by atoms with Gasteiger partial charge in [0.2, 0.25) is 11.8 Å². The van der Waals surface area contributed by atoms with Crippen molar-refractivity contribution in [3.05, 3.63) is 79.9 Å². The Balaban J connectivity index is 1.62. The lowest BCUT2D eigenvalue weighted by molar-refractivity contribution is -0.143. The summed E-state index contributed by atoms with van der Waals surface area (Å²) in [4.78, 5) is 52.3. The predicted molar refractivity (Wildman–Crippen MR) is 197 cm³/mol. The van der Waals surface area contributed by atoms with Gasteiger partial charge in [0, 0.05) is 48.5 Å². The Bertz CT molecular complexity index is 1480. The number of rotatable bonds is 15. The number of carbonyl (C=O) groups excluding carboxylic acids is 3. The number of aliphatic hydroxyl groups is 1. The SMILES string of the molecule is C=CCN(C(=O)C1N([C@@H](CO)[C@@H](C)CC)C(=O)[C@@H]2[C@H](C(=O)N(CC=C)c3ccccc3)[C@@H]3CC(C)C12S3)c1ccc(N(CC)CC)cc1. The normalized spacial score (nSPS) is 26.9. The molecule has 3 aliphatic heterocycles. The van der Waals surface area contributed by atoms with Crippen LogP contribution in [0.1, 0.15) is 47.5 Å². The molecule has 1 N–H and O–H groups in total. The molecule has 0 radical (unpaired) electrons. The van der Waals surface area contributed by atoms with Crippen molar-refractivity contribution in [3.63, 3.8) is 0 Å². The van der Waals surface area contributed by atoms with Crippen LogP contribution in [0.4, 0.5) is 17.1 Å². The van der Waals surface area contributed by atoms with E-state index in [1.807, 2.05) is 68.4 Å². The molecule has 3 heterocycles. The average molecular weight is 673 g/mol. The molecule has 3 fully saturated rings. The molecule has 3 saturated heterocycles. The van der Waals surface area contributed by atoms with Crippen LogP contribution in [0.3, 0.4) is 0 Å². The van der Waals surface area contributed by atoms with Crippen molar-refractivity contribution in [2.75, 3.05) is 47.5 Å². The summed E-state index contributed by atoms with van der Waals surface area (Å²) >= 11 is 1.66. The molecule has 0 aromatic heterocycles. The number of benzene rings is 2. The fraction of sp³-hybridized carbons (Fsp3) is 0.513. The molecule has 3 amide bonds. The van der Waals surface area contributed by atoms with E-state index in [-0.39, 0.29) is 48.0 Å². The van der Waals surface area contributed by atoms with Crippen molar-refractivity contribution in [1.29, 1.82) is 0 Å². The zero-order chi connectivity index (χ0) is 34.7. The molecule has 258 valence electrons. The number of likely N-dealkylation sites (tertiary alicyclic amines) is 1. The van der Waals surface area contributed by atoms with Gasteiger partial charge < -0.3 is 24.7 Å². The second-order valence-electron chi connectivity index (χ2n) is 13.4. The van der Waals surface area contributed by atoms with Crippen LogP contribution in [0, 0.1) is 23.7 Å². The number of aliphatic hydroxyl groups excluding tert-OH is 1. The van der Waals surface area contributed by atoms with Crippen molar-refractivity contribution in [3.8, 4) is 0 Å². The van der Waals surface area contributed by atoms with E-state index in [0.717, 1.165) is 43.0 Å². The van der Waals surface area contributed by atoms with Crippen LogP contribution in [0.25, 0.3) is 0 Å². The van der Waals surface area contributed by atoms with Gasteiger partial charge in [0.25, 0.3) is 5.91 Å². The lowest BCUT2D eigenvalue weighted by atomic mass is 9.65. The third kappa shape index (κ3) is 5.87. The minimum atomic E-state index is -0.851. The molecule has 0 aliphatic carbocycles. The summed E-state index contributed by atoms with van der Waals surface area (Å²) in [6.07, 6.45) is 4.88. The Hall–Kier alpha value is -3.56. The number of amides is 3. The number of carbonyl (C=O) groups is 3. The van der Waals surface area contributed by atoms with E-state index in [1.165, 1.54) is 0 Å². The summed E-state index contributed by atoms with van der Waals surface area (Å²) in [5.74, 6) is -1.85. The highest BCUT2D eigenvalue weighted by atomic mass is 32.2. The van der Waals surface area contributed by atoms with Crippen LogP contribution in [-0.2, 0) is 14.4 Å². The Morgan fingerprint density at radius 3 is 2.06 bits per heavy atom. The van der Waals surface area contributed by atoms with Crippen molar-refractivity contribution >= 4 is 46.5 Å². The first-order chi connectivity index (χ1) is 23.1. The average Bonchev–Trinajstić information content (AvgIpc) is 3.70. The maximum Gasteiger partial charge on any atom is 0.251 e. The lowest BCUT2D eigenvalue weighted by Gasteiger charge is -2.43. The summed E-state index contributed by atoms with van der Waals surface area (Å²) in [7, 11) is 0. The third-order valence-corrected chi connectivity index (χ3v) is 13.1. The van der Waals surface area contributed by atoms with Crippen LogP contribution in [0.5, 0.6) is 0 Å². The highest BCUT2D eigenvalue weighted by Gasteiger charge is 2.77. The molecule has 3 aliphatic rings. The van der Waals surface area contributed by atoms with E-state index in [2.05, 4.69) is 38.8 Å². The van der Waals surface area contributed by atoms with Gasteiger partial charge in [-0.2, -0.15) is 0 Å². The zero-order valence-electron chi connectivity index (χ0n) is 29.1. The van der Waals surface area contributed by atoms with Gasteiger partial charge in [-0.15, -0.1) is 24.9 Å². The van der Waals surface area contributed by atoms with Gasteiger partial charge in [-0.05, 0) is 68.5 Å². The smallest absolute Gasteiger partial charge is 0.251 e. The van der Waals surface area contributed by atoms with Crippen molar-refractivity contribution in [2.45, 2.75) is 69.5 Å². The van der Waals surface area contributed by atoms with E-state index in [9.17, 15) is 9.90 Å². The molecule has 2 aromatic rings. The van der Waals surface area contributed by atoms with Crippen LogP contribution in [0.15, 0.2) is 79.9 Å². The van der Waals surface area contributed by atoms with Crippen molar-refractivity contribution in [2.24, 2.45) is 23.7 Å². The zero-order valence-corrected chi connectivity index (χ0v) is 29.9. The molecule has 0 saturated carbocycles. The quantitative estimate of drug-likeness (QED) is 0.233. The number of thioether (sulfide) groups is 1. The summed E-state index contributed by atoms with van der Waals surface area (Å²) in [5.41, 5.74) is 2.56. The summed E-state index contributed by atoms with van der Waals surface area (Å²) in [6, 6.07) is 16.1. The molecule has 8 nitrogen and oxygen atoms in total. The number of hydrogen-bond acceptors (Lipinski definition) is 6. The molecule has 8 atom stereocenters. The monoisotopic (exact) mass is 672 g/mol. The minimum absolute atomic E-state index is 0.000860. The second-order valence-corrected chi connectivity index (χ2v) is 15.0. The van der Waals surface area contributed by atoms with Gasteiger partial charge >= 0.3 is 0 Å². The number of hydrogen-bond donors (Lipinski definition) is 1. The maximum atomic E-state index is 15.2. The van der Waals surface area contributed by atoms with Crippen molar-refractivity contribution in [1.82, 2.24) is 4.90 Å². The first-order valence-electron chi connectivity index (χ1n) is 17.5. The van der Waals surface area contributed by atoms with Crippen LogP contribution in [-0.4, -0.2) is 82.6 Å². The largest absolute Gasteiger partial charge is 0.394 e. The topological polar surface area (TPSA) is 84.4 Å². The standard InChI is InChI=1S/C39H52N4O4S/c1-8-22-41(29-16-14-13-15-17-29)36(45)33-32-24-27(7)39(48-32)34(33)37(46)43(31(25-44)26(6)10-3)35(39)38(47)42(23-9-2)30-20-18-28(19-21-30)40(11-4)12-5/h8-9,13-21,26-27,31-35,44H,1-2,10-12,22-25H2,3-7H3/t26-,27?,31-,32-,33+,34-,35?,39?/m0/s1. The first kappa shape index (κ1) is 35.7. The molecule has 3 unspecified atom stereocenters. The highest BCUT2D eigenvalue weighted by Crippen LogP contribution is 2.69. The van der Waals surface area contributed by atoms with Gasteiger partial charge in [0.1, 0.15) is 6.04 Å². The third-order valence-electron chi connectivity index (χ3n) is 11.1. The Kier molecular flexibility index (Phi) is 11.1. The van der Waals surface area contributed by atoms with Crippen LogP contribution >= 0.6 is 11.8 Å². The Morgan fingerprint density at radius 2 is 1.52 bits per heavy atom. The fourth-order valence-corrected chi connectivity index (χ4v) is 10.9. The van der Waals surface area contributed by atoms with E-state index < -0.39 is 28.7 Å². The van der Waals surface area contributed by atoms with Gasteiger partial charge in [0.05, 0.1) is 29.2 Å². The molecular weight excluding hydrogens is 621 g/mol. The summed E-state index contributed by atoms with van der Waals surface area (Å²) < 4.78 is -0.822. The lowest BCUT2D eigenvalue weighted by Crippen LogP contribution is -2.60. The Labute approximate surface area is 290 Å². The molecule has 2 bridgehead atoms. The summed E-state index contributed by atoms with van der Waals surface area (Å²) in [6.45, 7) is 20.4. The molecule has 9 heteroatoms. The van der Waals surface area contributed by atoms with Crippen molar-refractivity contribution < 1.29 is 19.5 Å². The van der Waals surface area contributed by atoms with Gasteiger partial charge in [-0.3, -0.25) is 14.4 Å². The second kappa shape index (κ2) is 14.9. The summed E-state index contributed by atoms with van der Waals surface area (Å²) in [5, 5.41) is 10.7. The number of fused-ring (bicyclic) bond motifs is 1. The van der Waals surface area contributed by atoms with E-state index in [0.29, 0.717) is 6.54 Å². The molecular formula is C39H52N4O4S. The number of nitrogens with zero attached hydrogens (tertiary/aromatic N) is 4.